The number of carbonyl (C=O) groups is 3. The summed E-state index contributed by atoms with van der Waals surface area (Å²) in [6, 6.07) is 25.3. The van der Waals surface area contributed by atoms with E-state index in [0.29, 0.717) is 16.4 Å². The van der Waals surface area contributed by atoms with E-state index < -0.39 is 22.9 Å². The molecule has 1 aromatic heterocycles. The maximum atomic E-state index is 14.5. The Morgan fingerprint density at radius 2 is 1.70 bits per heavy atom. The van der Waals surface area contributed by atoms with Gasteiger partial charge < -0.3 is 16.0 Å². The third kappa shape index (κ3) is 7.71. The standard InChI is InChI=1S/C33H26ClFN4O3S2/c1-19-11-16-27-29(17-19)44-33(38-27)39-30(40)20(2)43-23-14-12-22(13-15-23)36-32(42)28(18-24-25(34)9-6-10-26(24)35)37-31(41)21-7-4-3-5-8-21/h3-18,20H,1-2H3,(H,36,42)(H,37,41)(H,38,39,40)/b28-18-. The van der Waals surface area contributed by atoms with Gasteiger partial charge in [0.05, 0.1) is 20.5 Å². The van der Waals surface area contributed by atoms with E-state index in [1.54, 1.807) is 61.5 Å². The molecule has 0 bridgehead atoms. The van der Waals surface area contributed by atoms with Gasteiger partial charge in [-0.05, 0) is 86.2 Å². The highest BCUT2D eigenvalue weighted by atomic mass is 35.5. The lowest BCUT2D eigenvalue weighted by Crippen LogP contribution is -2.30. The van der Waals surface area contributed by atoms with Gasteiger partial charge in [-0.2, -0.15) is 0 Å². The van der Waals surface area contributed by atoms with Crippen LogP contribution in [0.25, 0.3) is 16.3 Å². The van der Waals surface area contributed by atoms with Crippen LogP contribution in [-0.2, 0) is 9.59 Å². The molecule has 0 saturated heterocycles. The van der Waals surface area contributed by atoms with Gasteiger partial charge in [0, 0.05) is 21.7 Å². The van der Waals surface area contributed by atoms with Crippen LogP contribution >= 0.6 is 34.7 Å². The summed E-state index contributed by atoms with van der Waals surface area (Å²) in [5, 5.41) is 8.40. The first-order chi connectivity index (χ1) is 21.2. The summed E-state index contributed by atoms with van der Waals surface area (Å²) < 4.78 is 15.6. The number of benzene rings is 4. The number of amides is 3. The molecule has 5 rings (SSSR count). The van der Waals surface area contributed by atoms with Crippen molar-refractivity contribution in [1.29, 1.82) is 0 Å². The third-order valence-electron chi connectivity index (χ3n) is 6.39. The minimum atomic E-state index is -0.673. The van der Waals surface area contributed by atoms with E-state index in [1.165, 1.54) is 47.4 Å². The summed E-state index contributed by atoms with van der Waals surface area (Å²) in [6.45, 7) is 3.81. The van der Waals surface area contributed by atoms with E-state index in [-0.39, 0.29) is 22.2 Å². The van der Waals surface area contributed by atoms with E-state index in [0.717, 1.165) is 20.7 Å². The zero-order valence-electron chi connectivity index (χ0n) is 23.6. The van der Waals surface area contributed by atoms with Gasteiger partial charge in [0.15, 0.2) is 5.13 Å². The summed E-state index contributed by atoms with van der Waals surface area (Å²) in [5.41, 5.74) is 2.49. The molecule has 44 heavy (non-hydrogen) atoms. The number of hydrogen-bond acceptors (Lipinski definition) is 6. The van der Waals surface area contributed by atoms with Gasteiger partial charge in [0.25, 0.3) is 11.8 Å². The topological polar surface area (TPSA) is 100 Å². The molecule has 0 fully saturated rings. The lowest BCUT2D eigenvalue weighted by molar-refractivity contribution is -0.115. The Morgan fingerprint density at radius 1 is 0.955 bits per heavy atom. The number of aryl methyl sites for hydroxylation is 1. The van der Waals surface area contributed by atoms with Crippen LogP contribution in [0, 0.1) is 12.7 Å². The van der Waals surface area contributed by atoms with Crippen molar-refractivity contribution in [3.63, 3.8) is 0 Å². The molecule has 0 aliphatic rings. The molecular formula is C33H26ClFN4O3S2. The number of nitrogens with one attached hydrogen (secondary N) is 3. The van der Waals surface area contributed by atoms with Crippen molar-refractivity contribution in [2.75, 3.05) is 10.6 Å². The Balaban J connectivity index is 1.26. The van der Waals surface area contributed by atoms with Crippen LogP contribution in [-0.4, -0.2) is 28.0 Å². The predicted octanol–water partition coefficient (Wildman–Crippen LogP) is 7.93. The lowest BCUT2D eigenvalue weighted by Gasteiger charge is -2.13. The summed E-state index contributed by atoms with van der Waals surface area (Å²) in [6.07, 6.45) is 1.20. The fraction of sp³-hybridized carbons (Fsp3) is 0.0909. The van der Waals surface area contributed by atoms with Gasteiger partial charge >= 0.3 is 0 Å². The maximum Gasteiger partial charge on any atom is 0.272 e. The van der Waals surface area contributed by atoms with E-state index in [9.17, 15) is 18.8 Å². The van der Waals surface area contributed by atoms with Crippen LogP contribution in [0.15, 0.2) is 102 Å². The van der Waals surface area contributed by atoms with Crippen molar-refractivity contribution >= 4 is 79.5 Å². The van der Waals surface area contributed by atoms with Gasteiger partial charge in [-0.25, -0.2) is 9.37 Å². The lowest BCUT2D eigenvalue weighted by atomic mass is 10.1. The van der Waals surface area contributed by atoms with E-state index in [2.05, 4.69) is 20.9 Å². The average Bonchev–Trinajstić information content (AvgIpc) is 3.41. The van der Waals surface area contributed by atoms with Gasteiger partial charge in [0.1, 0.15) is 11.5 Å². The molecule has 0 saturated carbocycles. The molecule has 0 aliphatic carbocycles. The highest BCUT2D eigenvalue weighted by molar-refractivity contribution is 8.00. The molecule has 4 aromatic carbocycles. The van der Waals surface area contributed by atoms with Crippen molar-refractivity contribution in [2.45, 2.75) is 24.0 Å². The van der Waals surface area contributed by atoms with Crippen molar-refractivity contribution in [3.8, 4) is 0 Å². The first-order valence-corrected chi connectivity index (χ1v) is 15.5. The second-order valence-electron chi connectivity index (χ2n) is 9.73. The van der Waals surface area contributed by atoms with Crippen molar-refractivity contribution in [3.05, 3.63) is 124 Å². The Hall–Kier alpha value is -4.51. The molecule has 0 radical (unpaired) electrons. The van der Waals surface area contributed by atoms with Crippen molar-refractivity contribution in [1.82, 2.24) is 10.3 Å². The van der Waals surface area contributed by atoms with Crippen molar-refractivity contribution in [2.24, 2.45) is 0 Å². The Kier molecular flexibility index (Phi) is 9.74. The highest BCUT2D eigenvalue weighted by Crippen LogP contribution is 2.29. The highest BCUT2D eigenvalue weighted by Gasteiger charge is 2.19. The smallest absolute Gasteiger partial charge is 0.272 e. The second kappa shape index (κ2) is 13.9. The number of hydrogen-bond donors (Lipinski definition) is 3. The molecule has 7 nitrogen and oxygen atoms in total. The number of nitrogens with zero attached hydrogens (tertiary/aromatic N) is 1. The maximum absolute atomic E-state index is 14.5. The van der Waals surface area contributed by atoms with Crippen LogP contribution in [0.2, 0.25) is 5.02 Å². The van der Waals surface area contributed by atoms with Gasteiger partial charge in [-0.15, -0.1) is 11.8 Å². The van der Waals surface area contributed by atoms with Crippen LogP contribution in [0.1, 0.15) is 28.4 Å². The molecular weight excluding hydrogens is 619 g/mol. The first-order valence-electron chi connectivity index (χ1n) is 13.4. The summed E-state index contributed by atoms with van der Waals surface area (Å²) in [4.78, 5) is 44.3. The number of fused-ring (bicyclic) bond motifs is 1. The molecule has 1 unspecified atom stereocenters. The summed E-state index contributed by atoms with van der Waals surface area (Å²) in [7, 11) is 0. The Morgan fingerprint density at radius 3 is 2.43 bits per heavy atom. The minimum Gasteiger partial charge on any atom is -0.321 e. The molecule has 3 N–H and O–H groups in total. The third-order valence-corrected chi connectivity index (χ3v) is 8.76. The molecule has 222 valence electrons. The molecule has 3 amide bonds. The van der Waals surface area contributed by atoms with Crippen molar-refractivity contribution < 1.29 is 18.8 Å². The van der Waals surface area contributed by atoms with Crippen LogP contribution in [0.5, 0.6) is 0 Å². The number of aromatic nitrogens is 1. The van der Waals surface area contributed by atoms with Gasteiger partial charge in [0.2, 0.25) is 5.91 Å². The number of rotatable bonds is 9. The van der Waals surface area contributed by atoms with Crippen LogP contribution in [0.4, 0.5) is 15.2 Å². The number of anilines is 2. The van der Waals surface area contributed by atoms with E-state index >= 15 is 0 Å². The number of thiazole rings is 1. The van der Waals surface area contributed by atoms with Crippen LogP contribution in [0.3, 0.4) is 0 Å². The molecule has 5 aromatic rings. The monoisotopic (exact) mass is 644 g/mol. The fourth-order valence-electron chi connectivity index (χ4n) is 4.10. The second-order valence-corrected chi connectivity index (χ2v) is 12.6. The van der Waals surface area contributed by atoms with Crippen LogP contribution < -0.4 is 16.0 Å². The summed E-state index contributed by atoms with van der Waals surface area (Å²) in [5.74, 6) is -2.04. The Labute approximate surface area is 266 Å². The zero-order chi connectivity index (χ0) is 31.2. The summed E-state index contributed by atoms with van der Waals surface area (Å²) >= 11 is 8.96. The Bertz CT molecular complexity index is 1860. The molecule has 1 heterocycles. The number of carbonyl (C=O) groups excluding carboxylic acids is 3. The normalized spacial score (nSPS) is 12.0. The van der Waals surface area contributed by atoms with E-state index in [1.807, 2.05) is 25.1 Å². The number of thioether (sulfide) groups is 1. The van der Waals surface area contributed by atoms with Gasteiger partial charge in [-0.3, -0.25) is 14.4 Å². The van der Waals surface area contributed by atoms with E-state index in [4.69, 9.17) is 11.6 Å². The first kappa shape index (κ1) is 30.9. The quantitative estimate of drug-likeness (QED) is 0.112. The molecule has 1 atom stereocenters. The minimum absolute atomic E-state index is 0.0346. The number of halogens is 2. The predicted molar refractivity (Wildman–Crippen MR) is 177 cm³/mol. The average molecular weight is 645 g/mol. The largest absolute Gasteiger partial charge is 0.321 e. The molecule has 11 heteroatoms. The molecule has 0 spiro atoms. The fourth-order valence-corrected chi connectivity index (χ4v) is 6.15. The zero-order valence-corrected chi connectivity index (χ0v) is 25.9. The SMILES string of the molecule is Cc1ccc2nc(NC(=O)C(C)Sc3ccc(NC(=O)/C(=C/c4c(F)cccc4Cl)NC(=O)c4ccccc4)cc3)sc2c1. The molecule has 0 aliphatic heterocycles. The van der Waals surface area contributed by atoms with Gasteiger partial charge in [-0.1, -0.05) is 53.3 Å².